The molecule has 0 unspecified atom stereocenters. The van der Waals surface area contributed by atoms with Crippen molar-refractivity contribution in [3.8, 4) is 0 Å². The van der Waals surface area contributed by atoms with Crippen LogP contribution in [0.1, 0.15) is 169 Å². The Morgan fingerprint density at radius 2 is 0.368 bits per heavy atom. The van der Waals surface area contributed by atoms with E-state index in [4.69, 9.17) is 58.0 Å². The molecule has 0 saturated heterocycles. The third-order valence-corrected chi connectivity index (χ3v) is 22.4. The van der Waals surface area contributed by atoms with Crippen LogP contribution in [-0.2, 0) is 27.7 Å². The molecular weight excluding hydrogens is 1290 g/mol. The number of amides is 5. The number of fused-ring (bicyclic) bond motifs is 15. The van der Waals surface area contributed by atoms with Gasteiger partial charge in [0, 0.05) is 82.5 Å². The summed E-state index contributed by atoms with van der Waals surface area (Å²) in [6, 6.07) is 78.3. The van der Waals surface area contributed by atoms with Crippen molar-refractivity contribution in [1.82, 2.24) is 26.6 Å². The minimum Gasteiger partial charge on any atom is -0.342 e. The fourth-order valence-corrected chi connectivity index (χ4v) is 16.6. The number of benzene rings is 10. The molecule has 0 radical (unpaired) electrons. The number of rotatable bonds is 5. The van der Waals surface area contributed by atoms with E-state index in [1.165, 1.54) is 27.8 Å². The Bertz CT molecular complexity index is 4100. The number of carbonyl (C=O) groups is 5. The van der Waals surface area contributed by atoms with Gasteiger partial charge in [-0.25, -0.2) is 0 Å². The first-order valence-electron chi connectivity index (χ1n) is 31.9. The van der Waals surface area contributed by atoms with Crippen molar-refractivity contribution in [3.05, 3.63) is 351 Å². The number of hydrogen-bond donors (Lipinski definition) is 5. The van der Waals surface area contributed by atoms with E-state index in [9.17, 15) is 24.0 Å². The molecule has 95 heavy (non-hydrogen) atoms. The predicted molar refractivity (Wildman–Crippen MR) is 372 cm³/mol. The molecule has 5 aliphatic heterocycles. The van der Waals surface area contributed by atoms with Crippen molar-refractivity contribution in [3.63, 3.8) is 0 Å². The molecule has 5 saturated carbocycles. The molecule has 5 amide bonds. The summed E-state index contributed by atoms with van der Waals surface area (Å²) in [5.41, 5.74) is 14.6. The monoisotopic (exact) mass is 1350 g/mol. The largest absolute Gasteiger partial charge is 0.342 e. The first kappa shape index (κ1) is 60.9. The van der Waals surface area contributed by atoms with E-state index in [0.717, 1.165) is 113 Å². The molecule has 10 aromatic carbocycles. The van der Waals surface area contributed by atoms with E-state index in [0.29, 0.717) is 29.6 Å². The van der Waals surface area contributed by atoms with Gasteiger partial charge in [0.1, 0.15) is 0 Å². The highest BCUT2D eigenvalue weighted by molar-refractivity contribution is 6.31. The van der Waals surface area contributed by atoms with Crippen LogP contribution in [0.25, 0.3) is 0 Å². The lowest BCUT2D eigenvalue weighted by atomic mass is 9.91. The lowest BCUT2D eigenvalue weighted by molar-refractivity contribution is 0.0911. The molecule has 5 fully saturated rings. The second-order valence-corrected chi connectivity index (χ2v) is 28.6. The van der Waals surface area contributed by atoms with E-state index in [1.54, 1.807) is 0 Å². The average Bonchev–Trinajstić information content (AvgIpc) is 1.58. The van der Waals surface area contributed by atoms with Gasteiger partial charge in [0.15, 0.2) is 0 Å². The average molecular weight is 1350 g/mol. The minimum atomic E-state index is -0.212. The molecular formula is C80H60Cl5N5O5. The van der Waals surface area contributed by atoms with Crippen LogP contribution in [0.5, 0.6) is 0 Å². The van der Waals surface area contributed by atoms with Gasteiger partial charge in [0.05, 0.1) is 27.7 Å². The molecule has 0 spiro atoms. The fourth-order valence-electron chi connectivity index (χ4n) is 16.0. The molecule has 0 bridgehead atoms. The maximum atomic E-state index is 12.2. The molecule has 10 nitrogen and oxygen atoms in total. The summed E-state index contributed by atoms with van der Waals surface area (Å²) in [5.74, 6) is 2.09. The summed E-state index contributed by atoms with van der Waals surface area (Å²) in [6.45, 7) is 0. The number of halogens is 5. The maximum Gasteiger partial charge on any atom is 0.252 e. The van der Waals surface area contributed by atoms with Crippen molar-refractivity contribution in [2.45, 2.75) is 89.4 Å². The van der Waals surface area contributed by atoms with Gasteiger partial charge in [-0.2, -0.15) is 0 Å². The van der Waals surface area contributed by atoms with Gasteiger partial charge in [-0.1, -0.05) is 210 Å². The third-order valence-electron chi connectivity index (χ3n) is 21.2. The Hall–Kier alpha value is -9.00. The second kappa shape index (κ2) is 23.1. The highest BCUT2D eigenvalue weighted by atomic mass is 35.5. The van der Waals surface area contributed by atoms with Crippen LogP contribution >= 0.6 is 58.0 Å². The topological polar surface area (TPSA) is 146 Å². The molecule has 10 aliphatic rings. The van der Waals surface area contributed by atoms with Crippen molar-refractivity contribution < 1.29 is 24.0 Å². The van der Waals surface area contributed by atoms with Gasteiger partial charge in [0.25, 0.3) is 29.5 Å². The second-order valence-electron chi connectivity index (χ2n) is 26.4. The van der Waals surface area contributed by atoms with E-state index in [-0.39, 0.29) is 57.2 Å². The lowest BCUT2D eigenvalue weighted by Gasteiger charge is -2.26. The summed E-state index contributed by atoms with van der Waals surface area (Å²) in [5, 5.41) is 19.5. The lowest BCUT2D eigenvalue weighted by Crippen LogP contribution is -2.39. The normalized spacial score (nSPS) is 27.2. The molecule has 10 aromatic rings. The van der Waals surface area contributed by atoms with Crippen molar-refractivity contribution in [2.75, 3.05) is 0 Å². The zero-order chi connectivity index (χ0) is 65.2. The summed E-state index contributed by atoms with van der Waals surface area (Å²) in [7, 11) is 0. The predicted octanol–water partition coefficient (Wildman–Crippen LogP) is 17.3. The van der Waals surface area contributed by atoms with Gasteiger partial charge >= 0.3 is 0 Å². The zero-order valence-corrected chi connectivity index (χ0v) is 54.7. The number of hydrogen-bond acceptors (Lipinski definition) is 5. The Labute approximate surface area is 574 Å². The molecule has 5 aliphatic carbocycles. The van der Waals surface area contributed by atoms with E-state index in [1.807, 2.05) is 212 Å². The molecule has 10 atom stereocenters. The molecule has 0 aromatic heterocycles. The first-order chi connectivity index (χ1) is 46.0. The summed E-state index contributed by atoms with van der Waals surface area (Å²) < 4.78 is 0. The highest BCUT2D eigenvalue weighted by Gasteiger charge is 2.64. The highest BCUT2D eigenvalue weighted by Crippen LogP contribution is 2.65. The smallest absolute Gasteiger partial charge is 0.252 e. The van der Waals surface area contributed by atoms with Crippen LogP contribution < -0.4 is 26.6 Å². The summed E-state index contributed by atoms with van der Waals surface area (Å²) in [6.07, 6.45) is 4.85. The zero-order valence-electron chi connectivity index (χ0n) is 50.9. The Morgan fingerprint density at radius 3 is 0.526 bits per heavy atom. The first-order valence-corrected chi connectivity index (χ1v) is 33.8. The van der Waals surface area contributed by atoms with Crippen LogP contribution in [0.2, 0.25) is 25.1 Å². The summed E-state index contributed by atoms with van der Waals surface area (Å²) >= 11 is 29.7. The molecule has 20 rings (SSSR count). The van der Waals surface area contributed by atoms with Crippen LogP contribution in [0.3, 0.4) is 0 Å². The van der Waals surface area contributed by atoms with Gasteiger partial charge in [0.2, 0.25) is 0 Å². The van der Waals surface area contributed by atoms with E-state index in [2.05, 4.69) is 56.9 Å². The molecule has 15 heteroatoms. The van der Waals surface area contributed by atoms with E-state index >= 15 is 0 Å². The van der Waals surface area contributed by atoms with Crippen LogP contribution in [0, 0.1) is 0 Å². The summed E-state index contributed by atoms with van der Waals surface area (Å²) in [4.78, 5) is 61.2. The van der Waals surface area contributed by atoms with E-state index < -0.39 is 0 Å². The van der Waals surface area contributed by atoms with Crippen LogP contribution in [0.4, 0.5) is 0 Å². The fraction of sp³-hybridized carbons (Fsp3) is 0.188. The van der Waals surface area contributed by atoms with Crippen LogP contribution in [0.15, 0.2) is 243 Å². The van der Waals surface area contributed by atoms with Crippen molar-refractivity contribution in [2.24, 2.45) is 0 Å². The standard InChI is InChI=1S/5C16H12ClNO/c5*17-11-7-5-10(6-8-11)16-9-14(16)12-3-1-2-4-13(12)15(19)18-16/h5*1-8,14H,9H2,(H,18,19)/t5*14-,16+/m11111/s1. The Morgan fingerprint density at radius 1 is 0.221 bits per heavy atom. The molecule has 470 valence electrons. The van der Waals surface area contributed by atoms with Crippen molar-refractivity contribution in [1.29, 1.82) is 0 Å². The SMILES string of the molecule is O=C1N[C@]2(c3ccc(Cl)cc3)C[C@@H]2c2ccccc21.O=C1N[C@]2(c3ccc(Cl)cc3)C[C@@H]2c2ccccc21.O=C1N[C@]2(c3ccc(Cl)cc3)C[C@@H]2c2ccccc21.O=C1N[C@]2(c3ccc(Cl)cc3)C[C@@H]2c2ccccc21.O=C1N[C@]2(c3ccc(Cl)cc3)C[C@@H]2c2ccccc21. The van der Waals surface area contributed by atoms with Crippen LogP contribution in [-0.4, -0.2) is 29.5 Å². The quantitative estimate of drug-likeness (QED) is 0.117. The molecule has 5 heterocycles. The van der Waals surface area contributed by atoms with Gasteiger partial charge in [-0.3, -0.25) is 24.0 Å². The van der Waals surface area contributed by atoms with Crippen molar-refractivity contribution >= 4 is 87.5 Å². The number of carbonyl (C=O) groups excluding carboxylic acids is 5. The van der Waals surface area contributed by atoms with Gasteiger partial charge in [-0.05, 0) is 179 Å². The minimum absolute atomic E-state index is 0.0271. The number of nitrogens with one attached hydrogen (secondary N) is 5. The Kier molecular flexibility index (Phi) is 14.8. The van der Waals surface area contributed by atoms with Gasteiger partial charge < -0.3 is 26.6 Å². The Balaban J connectivity index is 0.0000000937. The maximum absolute atomic E-state index is 12.2. The molecule has 5 N–H and O–H groups in total. The third kappa shape index (κ3) is 10.5. The van der Waals surface area contributed by atoms with Gasteiger partial charge in [-0.15, -0.1) is 0 Å².